The summed E-state index contributed by atoms with van der Waals surface area (Å²) < 4.78 is 5.08. The van der Waals surface area contributed by atoms with Crippen molar-refractivity contribution in [1.29, 1.82) is 0 Å². The molecule has 0 bridgehead atoms. The third-order valence-electron chi connectivity index (χ3n) is 3.85. The predicted molar refractivity (Wildman–Crippen MR) is 96.7 cm³/mol. The first-order chi connectivity index (χ1) is 11.4. The molecule has 2 unspecified atom stereocenters. The summed E-state index contributed by atoms with van der Waals surface area (Å²) in [6.07, 6.45) is -0.762. The fourth-order valence-corrected chi connectivity index (χ4v) is 3.56. The molecule has 3 N–H and O–H groups in total. The molecule has 1 aromatic heterocycles. The van der Waals surface area contributed by atoms with Gasteiger partial charge < -0.3 is 20.5 Å². The summed E-state index contributed by atoms with van der Waals surface area (Å²) >= 11 is 1.72. The number of urea groups is 1. The lowest BCUT2D eigenvalue weighted by atomic mass is 10.1. The number of hydrogen-bond acceptors (Lipinski definition) is 4. The summed E-state index contributed by atoms with van der Waals surface area (Å²) in [6.45, 7) is 6.20. The van der Waals surface area contributed by atoms with Crippen molar-refractivity contribution in [2.24, 2.45) is 0 Å². The van der Waals surface area contributed by atoms with Crippen LogP contribution >= 0.6 is 11.3 Å². The van der Waals surface area contributed by atoms with Gasteiger partial charge in [-0.2, -0.15) is 0 Å². The van der Waals surface area contributed by atoms with E-state index in [1.165, 1.54) is 9.75 Å². The Morgan fingerprint density at radius 1 is 1.29 bits per heavy atom. The SMILES string of the molecule is COc1ccc(C(O)CNC(=O)NC(C)c2cc(C)sc2C)cc1. The van der Waals surface area contributed by atoms with Crippen LogP contribution < -0.4 is 15.4 Å². The standard InChI is InChI=1S/C18H24N2O3S/c1-11-9-16(13(3)24-11)12(2)20-18(22)19-10-17(21)14-5-7-15(23-4)8-6-14/h5-9,12,17,21H,10H2,1-4H3,(H2,19,20,22). The van der Waals surface area contributed by atoms with Gasteiger partial charge in [0, 0.05) is 16.3 Å². The van der Waals surface area contributed by atoms with Crippen LogP contribution in [0.4, 0.5) is 4.79 Å². The summed E-state index contributed by atoms with van der Waals surface area (Å²) in [5, 5.41) is 15.8. The topological polar surface area (TPSA) is 70.6 Å². The smallest absolute Gasteiger partial charge is 0.315 e. The maximum atomic E-state index is 12.0. The van der Waals surface area contributed by atoms with Crippen molar-refractivity contribution < 1.29 is 14.6 Å². The van der Waals surface area contributed by atoms with Gasteiger partial charge in [0.2, 0.25) is 0 Å². The van der Waals surface area contributed by atoms with Gasteiger partial charge in [-0.05, 0) is 50.1 Å². The number of carbonyl (C=O) groups excluding carboxylic acids is 1. The van der Waals surface area contributed by atoms with Gasteiger partial charge in [-0.15, -0.1) is 11.3 Å². The third-order valence-corrected chi connectivity index (χ3v) is 4.83. The van der Waals surface area contributed by atoms with Crippen molar-refractivity contribution in [3.8, 4) is 5.75 Å². The van der Waals surface area contributed by atoms with E-state index >= 15 is 0 Å². The van der Waals surface area contributed by atoms with Crippen molar-refractivity contribution in [1.82, 2.24) is 10.6 Å². The number of amides is 2. The van der Waals surface area contributed by atoms with Gasteiger partial charge in [0.15, 0.2) is 0 Å². The molecule has 0 saturated carbocycles. The van der Waals surface area contributed by atoms with E-state index in [-0.39, 0.29) is 18.6 Å². The largest absolute Gasteiger partial charge is 0.497 e. The Balaban J connectivity index is 1.84. The second-order valence-corrected chi connectivity index (χ2v) is 7.19. The van der Waals surface area contributed by atoms with E-state index in [0.717, 1.165) is 16.9 Å². The maximum absolute atomic E-state index is 12.0. The number of methoxy groups -OCH3 is 1. The number of hydrogen-bond donors (Lipinski definition) is 3. The van der Waals surface area contributed by atoms with Gasteiger partial charge in [-0.25, -0.2) is 4.79 Å². The van der Waals surface area contributed by atoms with Gasteiger partial charge in [0.1, 0.15) is 5.75 Å². The average molecular weight is 348 g/mol. The van der Waals surface area contributed by atoms with E-state index < -0.39 is 6.10 Å². The summed E-state index contributed by atoms with van der Waals surface area (Å²) in [4.78, 5) is 14.5. The molecule has 1 aromatic carbocycles. The highest BCUT2D eigenvalue weighted by Gasteiger charge is 2.15. The summed E-state index contributed by atoms with van der Waals surface area (Å²) in [6, 6.07) is 8.85. The van der Waals surface area contributed by atoms with Crippen molar-refractivity contribution in [3.63, 3.8) is 0 Å². The molecular formula is C18H24N2O3S. The molecule has 5 nitrogen and oxygen atoms in total. The van der Waals surface area contributed by atoms with Crippen LogP contribution in [0.5, 0.6) is 5.75 Å². The molecule has 2 amide bonds. The lowest BCUT2D eigenvalue weighted by Gasteiger charge is -2.17. The second kappa shape index (κ2) is 8.17. The molecule has 24 heavy (non-hydrogen) atoms. The zero-order chi connectivity index (χ0) is 17.7. The van der Waals surface area contributed by atoms with Crippen molar-refractivity contribution >= 4 is 17.4 Å². The average Bonchev–Trinajstić information content (AvgIpc) is 2.91. The van der Waals surface area contributed by atoms with Gasteiger partial charge >= 0.3 is 6.03 Å². The first-order valence-corrected chi connectivity index (χ1v) is 8.65. The van der Waals surface area contributed by atoms with Crippen molar-refractivity contribution in [2.75, 3.05) is 13.7 Å². The Labute approximate surface area is 146 Å². The van der Waals surface area contributed by atoms with E-state index in [9.17, 15) is 9.90 Å². The molecular weight excluding hydrogens is 324 g/mol. The van der Waals surface area contributed by atoms with Crippen LogP contribution in [0.3, 0.4) is 0 Å². The maximum Gasteiger partial charge on any atom is 0.315 e. The number of thiophene rings is 1. The zero-order valence-electron chi connectivity index (χ0n) is 14.4. The zero-order valence-corrected chi connectivity index (χ0v) is 15.2. The number of aryl methyl sites for hydroxylation is 2. The molecule has 130 valence electrons. The Hall–Kier alpha value is -2.05. The first kappa shape index (κ1) is 18.3. The number of carbonyl (C=O) groups is 1. The summed E-state index contributed by atoms with van der Waals surface area (Å²) in [5.74, 6) is 0.729. The monoisotopic (exact) mass is 348 g/mol. The van der Waals surface area contributed by atoms with Crippen molar-refractivity contribution in [3.05, 3.63) is 51.2 Å². The second-order valence-electron chi connectivity index (χ2n) is 5.73. The Bertz CT molecular complexity index is 682. The van der Waals surface area contributed by atoms with Crippen LogP contribution in [0, 0.1) is 13.8 Å². The van der Waals surface area contributed by atoms with E-state index in [4.69, 9.17) is 4.74 Å². The molecule has 0 spiro atoms. The molecule has 1 heterocycles. The molecule has 0 fully saturated rings. The number of ether oxygens (including phenoxy) is 1. The number of nitrogens with one attached hydrogen (secondary N) is 2. The molecule has 2 aromatic rings. The van der Waals surface area contributed by atoms with E-state index in [1.54, 1.807) is 42.7 Å². The molecule has 2 atom stereocenters. The highest BCUT2D eigenvalue weighted by atomic mass is 32.1. The highest BCUT2D eigenvalue weighted by molar-refractivity contribution is 7.12. The lowest BCUT2D eigenvalue weighted by molar-refractivity contribution is 0.172. The van der Waals surface area contributed by atoms with Gasteiger partial charge in [0.25, 0.3) is 0 Å². The van der Waals surface area contributed by atoms with Crippen LogP contribution in [-0.4, -0.2) is 24.8 Å². The van der Waals surface area contributed by atoms with Gasteiger partial charge in [-0.1, -0.05) is 12.1 Å². The normalized spacial score (nSPS) is 13.2. The van der Waals surface area contributed by atoms with Crippen LogP contribution in [0.2, 0.25) is 0 Å². The Kier molecular flexibility index (Phi) is 6.23. The number of rotatable bonds is 6. The lowest BCUT2D eigenvalue weighted by Crippen LogP contribution is -2.39. The highest BCUT2D eigenvalue weighted by Crippen LogP contribution is 2.26. The van der Waals surface area contributed by atoms with Crippen LogP contribution in [0.15, 0.2) is 30.3 Å². The summed E-state index contributed by atoms with van der Waals surface area (Å²) in [7, 11) is 1.59. The molecule has 0 aliphatic heterocycles. The Morgan fingerprint density at radius 3 is 2.50 bits per heavy atom. The third kappa shape index (κ3) is 4.72. The predicted octanol–water partition coefficient (Wildman–Crippen LogP) is 3.47. The molecule has 0 radical (unpaired) electrons. The molecule has 0 saturated heterocycles. The Morgan fingerprint density at radius 2 is 1.96 bits per heavy atom. The minimum absolute atomic E-state index is 0.0759. The van der Waals surface area contributed by atoms with Gasteiger partial charge in [0.05, 0.1) is 19.3 Å². The minimum atomic E-state index is -0.762. The molecule has 2 rings (SSSR count). The van der Waals surface area contributed by atoms with E-state index in [0.29, 0.717) is 0 Å². The van der Waals surface area contributed by atoms with Crippen LogP contribution in [0.25, 0.3) is 0 Å². The summed E-state index contributed by atoms with van der Waals surface area (Å²) in [5.41, 5.74) is 1.86. The quantitative estimate of drug-likeness (QED) is 0.749. The van der Waals surface area contributed by atoms with E-state index in [2.05, 4.69) is 30.5 Å². The van der Waals surface area contributed by atoms with Crippen molar-refractivity contribution in [2.45, 2.75) is 32.9 Å². The molecule has 0 aliphatic carbocycles. The molecule has 6 heteroatoms. The van der Waals surface area contributed by atoms with Gasteiger partial charge in [-0.3, -0.25) is 0 Å². The van der Waals surface area contributed by atoms with Crippen LogP contribution in [-0.2, 0) is 0 Å². The fourth-order valence-electron chi connectivity index (χ4n) is 2.54. The fraction of sp³-hybridized carbons (Fsp3) is 0.389. The minimum Gasteiger partial charge on any atom is -0.497 e. The first-order valence-electron chi connectivity index (χ1n) is 7.84. The van der Waals surface area contributed by atoms with E-state index in [1.807, 2.05) is 6.92 Å². The number of aliphatic hydroxyl groups is 1. The molecule has 0 aliphatic rings. The van der Waals surface area contributed by atoms with Crippen LogP contribution in [0.1, 0.15) is 40.0 Å². The number of aliphatic hydroxyl groups excluding tert-OH is 1. The number of benzene rings is 1.